The Hall–Kier alpha value is -0.220. The lowest BCUT2D eigenvalue weighted by molar-refractivity contribution is 0.569. The molecule has 1 heterocycles. The minimum absolute atomic E-state index is 0.123. The van der Waals surface area contributed by atoms with E-state index >= 15 is 0 Å². The number of hydrogen-bond donors (Lipinski definition) is 1. The molecule has 1 aromatic heterocycles. The lowest BCUT2D eigenvalue weighted by Gasteiger charge is -2.07. The van der Waals surface area contributed by atoms with Gasteiger partial charge >= 0.3 is 0 Å². The van der Waals surface area contributed by atoms with Crippen molar-refractivity contribution in [3.63, 3.8) is 0 Å². The van der Waals surface area contributed by atoms with E-state index < -0.39 is 0 Å². The van der Waals surface area contributed by atoms with Crippen LogP contribution < -0.4 is 5.56 Å². The van der Waals surface area contributed by atoms with Crippen LogP contribution in [-0.2, 0) is 6.54 Å². The fraction of sp³-hybridized carbons (Fsp3) is 0.583. The van der Waals surface area contributed by atoms with Gasteiger partial charge in [0.1, 0.15) is 0 Å². The van der Waals surface area contributed by atoms with Crippen LogP contribution in [0.15, 0.2) is 21.5 Å². The monoisotopic (exact) mass is 303 g/mol. The van der Waals surface area contributed by atoms with E-state index in [-0.39, 0.29) is 5.56 Å². The molecule has 0 spiro atoms. The van der Waals surface area contributed by atoms with Gasteiger partial charge in [-0.25, -0.2) is 0 Å². The first-order valence-corrected chi connectivity index (χ1v) is 7.05. The maximum atomic E-state index is 11.8. The largest absolute Gasteiger partial charge is 0.314 e. The Balaban J connectivity index is 2.51. The summed E-state index contributed by atoms with van der Waals surface area (Å²) in [6.07, 6.45) is 6.46. The molecule has 0 bridgehead atoms. The molecular weight excluding hydrogens is 286 g/mol. The van der Waals surface area contributed by atoms with Gasteiger partial charge in [-0.2, -0.15) is 12.6 Å². The smallest absolute Gasteiger partial charge is 0.253 e. The minimum atomic E-state index is 0.123. The number of thiol groups is 1. The first-order valence-electron chi connectivity index (χ1n) is 5.62. The lowest BCUT2D eigenvalue weighted by Crippen LogP contribution is -2.21. The van der Waals surface area contributed by atoms with Gasteiger partial charge < -0.3 is 4.57 Å². The van der Waals surface area contributed by atoms with Gasteiger partial charge in [0.2, 0.25) is 0 Å². The average Bonchev–Trinajstić information content (AvgIpc) is 2.24. The van der Waals surface area contributed by atoms with Crippen molar-refractivity contribution in [2.24, 2.45) is 0 Å². The molecule has 0 N–H and O–H groups in total. The molecule has 0 saturated carbocycles. The third kappa shape index (κ3) is 4.34. The molecule has 0 aliphatic heterocycles. The molecule has 0 aliphatic carbocycles. The molecule has 0 saturated heterocycles. The number of unbranched alkanes of at least 4 members (excludes halogenated alkanes) is 3. The van der Waals surface area contributed by atoms with Crippen molar-refractivity contribution in [3.05, 3.63) is 32.7 Å². The molecule has 4 heteroatoms. The number of aryl methyl sites for hydroxylation is 2. The Morgan fingerprint density at radius 1 is 1.31 bits per heavy atom. The Morgan fingerprint density at radius 3 is 2.69 bits per heavy atom. The summed E-state index contributed by atoms with van der Waals surface area (Å²) in [4.78, 5) is 11.8. The van der Waals surface area contributed by atoms with E-state index in [4.69, 9.17) is 0 Å². The zero-order chi connectivity index (χ0) is 12.0. The van der Waals surface area contributed by atoms with Crippen molar-refractivity contribution in [1.82, 2.24) is 4.57 Å². The summed E-state index contributed by atoms with van der Waals surface area (Å²) in [5.74, 6) is 0.954. The molecule has 2 nitrogen and oxygen atoms in total. The molecule has 1 aromatic rings. The van der Waals surface area contributed by atoms with Crippen LogP contribution in [0.1, 0.15) is 31.2 Å². The van der Waals surface area contributed by atoms with Crippen LogP contribution in [0.4, 0.5) is 0 Å². The van der Waals surface area contributed by atoms with Gasteiger partial charge in [0.25, 0.3) is 5.56 Å². The highest BCUT2D eigenvalue weighted by atomic mass is 79.9. The highest BCUT2D eigenvalue weighted by Crippen LogP contribution is 2.09. The highest BCUT2D eigenvalue weighted by Gasteiger charge is 2.01. The van der Waals surface area contributed by atoms with Crippen LogP contribution in [0.2, 0.25) is 0 Å². The van der Waals surface area contributed by atoms with Crippen molar-refractivity contribution >= 4 is 28.6 Å². The summed E-state index contributed by atoms with van der Waals surface area (Å²) in [5, 5.41) is 0. The molecule has 0 amide bonds. The second-order valence-electron chi connectivity index (χ2n) is 3.98. The van der Waals surface area contributed by atoms with E-state index in [1.807, 2.05) is 19.2 Å². The number of pyridine rings is 1. The zero-order valence-electron chi connectivity index (χ0n) is 9.58. The third-order valence-corrected chi connectivity index (χ3v) is 3.29. The Bertz CT molecular complexity index is 389. The van der Waals surface area contributed by atoms with Crippen LogP contribution in [0.3, 0.4) is 0 Å². The van der Waals surface area contributed by atoms with Gasteiger partial charge in [-0.15, -0.1) is 0 Å². The lowest BCUT2D eigenvalue weighted by atomic mass is 10.2. The van der Waals surface area contributed by atoms with Crippen molar-refractivity contribution in [3.8, 4) is 0 Å². The topological polar surface area (TPSA) is 22.0 Å². The number of rotatable bonds is 6. The molecule has 0 unspecified atom stereocenters. The summed E-state index contributed by atoms with van der Waals surface area (Å²) in [5.41, 5.74) is 0.919. The Kier molecular flexibility index (Phi) is 6.21. The van der Waals surface area contributed by atoms with E-state index in [0.717, 1.165) is 35.2 Å². The first-order chi connectivity index (χ1) is 7.65. The van der Waals surface area contributed by atoms with Crippen LogP contribution in [-0.4, -0.2) is 10.3 Å². The summed E-state index contributed by atoms with van der Waals surface area (Å²) in [6, 6.07) is 1.86. The van der Waals surface area contributed by atoms with E-state index in [1.165, 1.54) is 12.8 Å². The van der Waals surface area contributed by atoms with E-state index in [0.29, 0.717) is 0 Å². The van der Waals surface area contributed by atoms with Crippen molar-refractivity contribution in [2.75, 3.05) is 5.75 Å². The second kappa shape index (κ2) is 7.17. The predicted molar refractivity (Wildman–Crippen MR) is 75.5 cm³/mol. The fourth-order valence-corrected chi connectivity index (χ4v) is 2.47. The molecule has 1 rings (SSSR count). The van der Waals surface area contributed by atoms with Gasteiger partial charge in [-0.05, 0) is 47.5 Å². The molecule has 0 aromatic carbocycles. The summed E-state index contributed by atoms with van der Waals surface area (Å²) in [7, 11) is 0. The molecule has 0 fully saturated rings. The van der Waals surface area contributed by atoms with Gasteiger partial charge in [0, 0.05) is 22.8 Å². The Labute approximate surface area is 111 Å². The maximum Gasteiger partial charge on any atom is 0.253 e. The zero-order valence-corrected chi connectivity index (χ0v) is 12.1. The van der Waals surface area contributed by atoms with Gasteiger partial charge in [-0.1, -0.05) is 12.8 Å². The molecule has 0 aliphatic rings. The van der Waals surface area contributed by atoms with Gasteiger partial charge in [-0.3, -0.25) is 4.79 Å². The number of aromatic nitrogens is 1. The second-order valence-corrected chi connectivity index (χ2v) is 5.34. The maximum absolute atomic E-state index is 11.8. The predicted octanol–water partition coefficient (Wildman–Crippen LogP) is 3.41. The average molecular weight is 304 g/mol. The summed E-state index contributed by atoms with van der Waals surface area (Å²) >= 11 is 7.59. The van der Waals surface area contributed by atoms with Crippen molar-refractivity contribution in [2.45, 2.75) is 39.2 Å². The minimum Gasteiger partial charge on any atom is -0.314 e. The molecule has 0 atom stereocenters. The van der Waals surface area contributed by atoms with Crippen LogP contribution in [0.5, 0.6) is 0 Å². The van der Waals surface area contributed by atoms with Gasteiger partial charge in [0.05, 0.1) is 0 Å². The van der Waals surface area contributed by atoms with Gasteiger partial charge in [0.15, 0.2) is 0 Å². The quantitative estimate of drug-likeness (QED) is 0.631. The summed E-state index contributed by atoms with van der Waals surface area (Å²) < 4.78 is 2.76. The van der Waals surface area contributed by atoms with Crippen LogP contribution in [0.25, 0.3) is 0 Å². The third-order valence-electron chi connectivity index (χ3n) is 2.54. The number of halogens is 1. The normalized spacial score (nSPS) is 10.7. The fourth-order valence-electron chi connectivity index (χ4n) is 1.65. The standard InChI is InChI=1S/C12H18BrNOS/c1-10-8-11(13)9-14(12(10)15)6-4-2-3-5-7-16/h8-9,16H,2-7H2,1H3. The van der Waals surface area contributed by atoms with Crippen molar-refractivity contribution in [1.29, 1.82) is 0 Å². The Morgan fingerprint density at radius 2 is 2.00 bits per heavy atom. The highest BCUT2D eigenvalue weighted by molar-refractivity contribution is 9.10. The SMILES string of the molecule is Cc1cc(Br)cn(CCCCCCS)c1=O. The number of nitrogens with zero attached hydrogens (tertiary/aromatic N) is 1. The van der Waals surface area contributed by atoms with Crippen molar-refractivity contribution < 1.29 is 0 Å². The van der Waals surface area contributed by atoms with Crippen LogP contribution in [0, 0.1) is 6.92 Å². The van der Waals surface area contributed by atoms with E-state index in [2.05, 4.69) is 28.6 Å². The molecule has 16 heavy (non-hydrogen) atoms. The summed E-state index contributed by atoms with van der Waals surface area (Å²) in [6.45, 7) is 2.66. The molecule has 0 radical (unpaired) electrons. The van der Waals surface area contributed by atoms with E-state index in [9.17, 15) is 4.79 Å². The first kappa shape index (κ1) is 13.8. The van der Waals surface area contributed by atoms with Crippen LogP contribution >= 0.6 is 28.6 Å². The molecular formula is C12H18BrNOS. The number of hydrogen-bond acceptors (Lipinski definition) is 2. The molecule has 90 valence electrons. The van der Waals surface area contributed by atoms with E-state index in [1.54, 1.807) is 4.57 Å².